The molecule has 7 nitrogen and oxygen atoms in total. The maximum atomic E-state index is 14.6. The van der Waals surface area contributed by atoms with E-state index in [0.29, 0.717) is 24.2 Å². The van der Waals surface area contributed by atoms with E-state index in [0.717, 1.165) is 28.9 Å². The predicted octanol–water partition coefficient (Wildman–Crippen LogP) is 1.91. The van der Waals surface area contributed by atoms with Gasteiger partial charge in [0.1, 0.15) is 29.6 Å². The SMILES string of the molecule is [2H]C([2H])([2H])N(C(=O)[C@@H]1[C@H](O)[C@H](O)C(=O)N1c1cc2c(c(C)n1)CCC2)c1cc(Cl)c(F)cc1F. The van der Waals surface area contributed by atoms with Crippen LogP contribution in [0.1, 0.15) is 27.4 Å². The number of benzene rings is 1. The minimum absolute atomic E-state index is 0.0140. The lowest BCUT2D eigenvalue weighted by molar-refractivity contribution is -0.126. The van der Waals surface area contributed by atoms with Crippen LogP contribution in [0.15, 0.2) is 18.2 Å². The molecule has 0 spiro atoms. The molecule has 2 amide bonds. The molecule has 1 saturated heterocycles. The van der Waals surface area contributed by atoms with Crippen molar-refractivity contribution in [1.82, 2.24) is 4.98 Å². The Balaban J connectivity index is 1.84. The van der Waals surface area contributed by atoms with Gasteiger partial charge in [0.25, 0.3) is 11.8 Å². The third-order valence-electron chi connectivity index (χ3n) is 5.65. The highest BCUT2D eigenvalue weighted by Gasteiger charge is 2.52. The van der Waals surface area contributed by atoms with Crippen molar-refractivity contribution in [2.24, 2.45) is 0 Å². The van der Waals surface area contributed by atoms with Crippen LogP contribution in [0, 0.1) is 18.6 Å². The van der Waals surface area contributed by atoms with E-state index in [9.17, 15) is 28.6 Å². The average Bonchev–Trinajstić information content (AvgIpc) is 3.30. The fourth-order valence-corrected chi connectivity index (χ4v) is 4.25. The maximum Gasteiger partial charge on any atom is 0.260 e. The second-order valence-electron chi connectivity index (χ2n) is 7.54. The van der Waals surface area contributed by atoms with Crippen LogP contribution >= 0.6 is 11.6 Å². The molecule has 0 radical (unpaired) electrons. The first-order valence-electron chi connectivity index (χ1n) is 11.0. The number of amides is 2. The summed E-state index contributed by atoms with van der Waals surface area (Å²) in [5.41, 5.74) is 1.58. The molecular weight excluding hydrogens is 432 g/mol. The van der Waals surface area contributed by atoms with Crippen LogP contribution < -0.4 is 9.80 Å². The predicted molar refractivity (Wildman–Crippen MR) is 109 cm³/mol. The van der Waals surface area contributed by atoms with Crippen molar-refractivity contribution in [2.45, 2.75) is 44.4 Å². The van der Waals surface area contributed by atoms with Gasteiger partial charge in [-0.15, -0.1) is 0 Å². The summed E-state index contributed by atoms with van der Waals surface area (Å²) in [7, 11) is 0. The number of rotatable bonds is 3. The van der Waals surface area contributed by atoms with Gasteiger partial charge in [0.05, 0.1) is 10.7 Å². The maximum absolute atomic E-state index is 14.6. The number of halogens is 3. The van der Waals surface area contributed by atoms with Crippen LogP contribution in [-0.2, 0) is 22.4 Å². The summed E-state index contributed by atoms with van der Waals surface area (Å²) in [6.07, 6.45) is -1.75. The van der Waals surface area contributed by atoms with Gasteiger partial charge in [0.15, 0.2) is 6.10 Å². The van der Waals surface area contributed by atoms with Gasteiger partial charge < -0.3 is 15.1 Å². The number of aliphatic hydroxyl groups is 2. The smallest absolute Gasteiger partial charge is 0.260 e. The number of carbonyl (C=O) groups is 2. The fourth-order valence-electron chi connectivity index (χ4n) is 4.09. The lowest BCUT2D eigenvalue weighted by atomic mass is 10.1. The lowest BCUT2D eigenvalue weighted by Gasteiger charge is -2.29. The van der Waals surface area contributed by atoms with E-state index < -0.39 is 59.4 Å². The van der Waals surface area contributed by atoms with Crippen LogP contribution in [0.25, 0.3) is 0 Å². The van der Waals surface area contributed by atoms with Crippen LogP contribution in [0.2, 0.25) is 5.02 Å². The number of fused-ring (bicyclic) bond motifs is 1. The van der Waals surface area contributed by atoms with Crippen LogP contribution in [-0.4, -0.2) is 52.2 Å². The molecule has 2 heterocycles. The topological polar surface area (TPSA) is 94.0 Å². The molecule has 2 N–H and O–H groups in total. The number of likely N-dealkylation sites (N-methyl/N-ethyl adjacent to an activating group) is 1. The van der Waals surface area contributed by atoms with Gasteiger partial charge in [-0.25, -0.2) is 13.8 Å². The van der Waals surface area contributed by atoms with E-state index in [4.69, 9.17) is 15.7 Å². The van der Waals surface area contributed by atoms with Crippen molar-refractivity contribution in [1.29, 1.82) is 0 Å². The molecule has 164 valence electrons. The zero-order valence-electron chi connectivity index (χ0n) is 19.3. The molecule has 0 bridgehead atoms. The van der Waals surface area contributed by atoms with Crippen molar-refractivity contribution in [3.05, 3.63) is 51.7 Å². The zero-order chi connectivity index (χ0) is 25.1. The van der Waals surface area contributed by atoms with E-state index in [1.54, 1.807) is 13.0 Å². The largest absolute Gasteiger partial charge is 0.387 e. The molecule has 31 heavy (non-hydrogen) atoms. The molecule has 4 rings (SSSR count). The monoisotopic (exact) mass is 454 g/mol. The van der Waals surface area contributed by atoms with E-state index in [1.807, 2.05) is 0 Å². The normalized spacial score (nSPS) is 24.6. The number of aliphatic hydroxyl groups excluding tert-OH is 2. The lowest BCUT2D eigenvalue weighted by Crippen LogP contribution is -2.50. The summed E-state index contributed by atoms with van der Waals surface area (Å²) in [5, 5.41) is 20.2. The number of aromatic nitrogens is 1. The second kappa shape index (κ2) is 7.81. The van der Waals surface area contributed by atoms with E-state index in [-0.39, 0.29) is 10.7 Å². The average molecular weight is 455 g/mol. The Morgan fingerprint density at radius 1 is 1.29 bits per heavy atom. The van der Waals surface area contributed by atoms with E-state index >= 15 is 0 Å². The minimum atomic E-state index is -3.32. The van der Waals surface area contributed by atoms with Crippen molar-refractivity contribution < 1.29 is 32.7 Å². The number of aryl methyl sites for hydroxylation is 2. The molecular formula is C21H20ClF2N3O4. The first-order valence-corrected chi connectivity index (χ1v) is 9.88. The summed E-state index contributed by atoms with van der Waals surface area (Å²) in [6, 6.07) is 0.543. The molecule has 1 fully saturated rings. The van der Waals surface area contributed by atoms with Crippen molar-refractivity contribution >= 4 is 34.9 Å². The summed E-state index contributed by atoms with van der Waals surface area (Å²) in [4.78, 5) is 31.4. The molecule has 2 aromatic rings. The summed E-state index contributed by atoms with van der Waals surface area (Å²) in [6.45, 7) is -1.61. The highest BCUT2D eigenvalue weighted by atomic mass is 35.5. The quantitative estimate of drug-likeness (QED) is 0.691. The molecule has 10 heteroatoms. The number of nitrogens with zero attached hydrogens (tertiary/aromatic N) is 3. The minimum Gasteiger partial charge on any atom is -0.387 e. The van der Waals surface area contributed by atoms with Gasteiger partial charge in [0, 0.05) is 22.8 Å². The molecule has 2 aliphatic rings. The highest BCUT2D eigenvalue weighted by Crippen LogP contribution is 2.34. The third-order valence-corrected chi connectivity index (χ3v) is 5.94. The summed E-state index contributed by atoms with van der Waals surface area (Å²) in [5.74, 6) is -5.13. The van der Waals surface area contributed by atoms with Crippen molar-refractivity contribution in [3.63, 3.8) is 0 Å². The first-order chi connectivity index (χ1) is 15.8. The third kappa shape index (κ3) is 3.46. The van der Waals surface area contributed by atoms with Gasteiger partial charge in [-0.05, 0) is 49.4 Å². The molecule has 1 aromatic carbocycles. The number of hydrogen-bond donors (Lipinski definition) is 2. The van der Waals surface area contributed by atoms with E-state index in [2.05, 4.69) is 4.98 Å². The standard InChI is InChI=1S/C21H20ClF2N3O4/c1-9-11-5-3-4-10(11)6-16(25-9)27-17(18(28)19(29)21(27)31)20(30)26(2)15-7-12(22)13(23)8-14(15)24/h6-8,17-19,28-29H,3-5H2,1-2H3/t17-,18-,19-/m0/s1/i2D3. The van der Waals surface area contributed by atoms with Gasteiger partial charge in [-0.3, -0.25) is 14.5 Å². The molecule has 0 unspecified atom stereocenters. The summed E-state index contributed by atoms with van der Waals surface area (Å²) >= 11 is 5.69. The highest BCUT2D eigenvalue weighted by molar-refractivity contribution is 6.31. The Morgan fingerprint density at radius 2 is 2.03 bits per heavy atom. The van der Waals surface area contributed by atoms with Crippen LogP contribution in [0.5, 0.6) is 0 Å². The molecule has 3 atom stereocenters. The summed E-state index contributed by atoms with van der Waals surface area (Å²) < 4.78 is 51.6. The Bertz CT molecular complexity index is 1200. The molecule has 1 aliphatic heterocycles. The number of pyridine rings is 1. The van der Waals surface area contributed by atoms with Crippen molar-refractivity contribution in [3.8, 4) is 0 Å². The Kier molecular flexibility index (Phi) is 4.54. The zero-order valence-corrected chi connectivity index (χ0v) is 17.0. The van der Waals surface area contributed by atoms with Gasteiger partial charge in [-0.2, -0.15) is 0 Å². The van der Waals surface area contributed by atoms with E-state index in [1.165, 1.54) is 0 Å². The van der Waals surface area contributed by atoms with Crippen LogP contribution in [0.4, 0.5) is 20.3 Å². The van der Waals surface area contributed by atoms with Crippen LogP contribution in [0.3, 0.4) is 0 Å². The van der Waals surface area contributed by atoms with Crippen molar-refractivity contribution in [2.75, 3.05) is 16.8 Å². The second-order valence-corrected chi connectivity index (χ2v) is 7.94. The fraction of sp³-hybridized carbons (Fsp3) is 0.381. The first kappa shape index (κ1) is 18.0. The van der Waals surface area contributed by atoms with Gasteiger partial charge in [-0.1, -0.05) is 11.6 Å². The Labute approximate surface area is 186 Å². The molecule has 1 aromatic heterocycles. The Morgan fingerprint density at radius 3 is 2.74 bits per heavy atom. The number of anilines is 2. The number of hydrogen-bond acceptors (Lipinski definition) is 5. The van der Waals surface area contributed by atoms with Gasteiger partial charge in [0.2, 0.25) is 0 Å². The molecule has 0 saturated carbocycles. The number of carbonyl (C=O) groups excluding carboxylic acids is 2. The molecule has 1 aliphatic carbocycles. The Hall–Kier alpha value is -2.62. The van der Waals surface area contributed by atoms with Gasteiger partial charge >= 0.3 is 0 Å².